The summed E-state index contributed by atoms with van der Waals surface area (Å²) in [5.74, 6) is -0.309. The van der Waals surface area contributed by atoms with Crippen molar-refractivity contribution in [3.05, 3.63) is 71.0 Å². The van der Waals surface area contributed by atoms with E-state index >= 15 is 0 Å². The van der Waals surface area contributed by atoms with Crippen molar-refractivity contribution in [2.75, 3.05) is 0 Å². The minimum Gasteiger partial charge on any atom is -0.298 e. The lowest BCUT2D eigenvalue weighted by molar-refractivity contribution is 0.112. The van der Waals surface area contributed by atoms with Crippen molar-refractivity contribution in [3.8, 4) is 0 Å². The number of aldehydes is 1. The Morgan fingerprint density at radius 2 is 1.81 bits per heavy atom. The van der Waals surface area contributed by atoms with Crippen LogP contribution in [0.3, 0.4) is 0 Å². The van der Waals surface area contributed by atoms with Gasteiger partial charge in [0.05, 0.1) is 0 Å². The molecule has 0 aromatic heterocycles. The van der Waals surface area contributed by atoms with Crippen LogP contribution >= 0.6 is 0 Å². The number of carbonyl (C=O) groups excluding carboxylic acids is 1. The van der Waals surface area contributed by atoms with Crippen LogP contribution in [0, 0.1) is 5.82 Å². The Morgan fingerprint density at radius 3 is 2.50 bits per heavy atom. The first-order valence-electron chi connectivity index (χ1n) is 5.07. The number of halogens is 1. The second-order valence-electron chi connectivity index (χ2n) is 3.62. The molecule has 80 valence electrons. The molecule has 2 aromatic rings. The van der Waals surface area contributed by atoms with Gasteiger partial charge in [0.1, 0.15) is 12.1 Å². The average molecular weight is 214 g/mol. The summed E-state index contributed by atoms with van der Waals surface area (Å²) >= 11 is 0. The van der Waals surface area contributed by atoms with Gasteiger partial charge in [-0.25, -0.2) is 4.39 Å². The molecule has 2 rings (SSSR count). The van der Waals surface area contributed by atoms with Crippen LogP contribution in [0.1, 0.15) is 21.5 Å². The van der Waals surface area contributed by atoms with Gasteiger partial charge in [-0.05, 0) is 35.7 Å². The van der Waals surface area contributed by atoms with Gasteiger partial charge in [0.15, 0.2) is 0 Å². The van der Waals surface area contributed by atoms with Gasteiger partial charge >= 0.3 is 0 Å². The number of carbonyl (C=O) groups is 1. The summed E-state index contributed by atoms with van der Waals surface area (Å²) in [6, 6.07) is 13.9. The van der Waals surface area contributed by atoms with Crippen molar-refractivity contribution in [2.45, 2.75) is 6.42 Å². The summed E-state index contributed by atoms with van der Waals surface area (Å²) in [5.41, 5.74) is 2.34. The van der Waals surface area contributed by atoms with Crippen LogP contribution in [-0.4, -0.2) is 6.29 Å². The van der Waals surface area contributed by atoms with E-state index in [1.807, 2.05) is 30.3 Å². The Morgan fingerprint density at radius 1 is 1.06 bits per heavy atom. The molecule has 1 nitrogen and oxygen atoms in total. The fourth-order valence-electron chi connectivity index (χ4n) is 1.66. The zero-order chi connectivity index (χ0) is 11.4. The van der Waals surface area contributed by atoms with Crippen LogP contribution < -0.4 is 0 Å². The van der Waals surface area contributed by atoms with Gasteiger partial charge in [-0.2, -0.15) is 0 Å². The standard InChI is InChI=1S/C14H11FO/c15-14-7-6-12(10-16)13(9-14)8-11-4-2-1-3-5-11/h1-7,9-10H,8H2. The minimum atomic E-state index is -0.309. The molecule has 0 aliphatic rings. The summed E-state index contributed by atoms with van der Waals surface area (Å²) in [6.07, 6.45) is 1.34. The van der Waals surface area contributed by atoms with Crippen LogP contribution in [0.15, 0.2) is 48.5 Å². The average Bonchev–Trinajstić information content (AvgIpc) is 2.31. The van der Waals surface area contributed by atoms with E-state index in [0.29, 0.717) is 12.0 Å². The van der Waals surface area contributed by atoms with Gasteiger partial charge in [-0.3, -0.25) is 4.79 Å². The van der Waals surface area contributed by atoms with Gasteiger partial charge in [0.2, 0.25) is 0 Å². The Kier molecular flexibility index (Phi) is 3.10. The molecule has 16 heavy (non-hydrogen) atoms. The molecule has 0 saturated carbocycles. The third-order valence-electron chi connectivity index (χ3n) is 2.47. The Hall–Kier alpha value is -1.96. The molecule has 2 heteroatoms. The normalized spacial score (nSPS) is 10.1. The molecule has 0 N–H and O–H groups in total. The summed E-state index contributed by atoms with van der Waals surface area (Å²) < 4.78 is 13.1. The van der Waals surface area contributed by atoms with Gasteiger partial charge < -0.3 is 0 Å². The number of hydrogen-bond donors (Lipinski definition) is 0. The molecule has 0 aliphatic heterocycles. The highest BCUT2D eigenvalue weighted by Gasteiger charge is 2.04. The van der Waals surface area contributed by atoms with Crippen molar-refractivity contribution < 1.29 is 9.18 Å². The lowest BCUT2D eigenvalue weighted by atomic mass is 10.0. The van der Waals surface area contributed by atoms with E-state index in [9.17, 15) is 9.18 Å². The van der Waals surface area contributed by atoms with E-state index in [2.05, 4.69) is 0 Å². The molecule has 0 fully saturated rings. The lowest BCUT2D eigenvalue weighted by Gasteiger charge is -2.05. The predicted molar refractivity (Wildman–Crippen MR) is 61.0 cm³/mol. The molecule has 0 saturated heterocycles. The van der Waals surface area contributed by atoms with Crippen molar-refractivity contribution in [2.24, 2.45) is 0 Å². The molecular weight excluding hydrogens is 203 g/mol. The van der Waals surface area contributed by atoms with Crippen LogP contribution in [0.4, 0.5) is 4.39 Å². The first-order chi connectivity index (χ1) is 7.79. The Bertz CT molecular complexity index is 491. The van der Waals surface area contributed by atoms with E-state index in [1.54, 1.807) is 0 Å². The molecule has 0 atom stereocenters. The molecule has 2 aromatic carbocycles. The van der Waals surface area contributed by atoms with Gasteiger partial charge in [0, 0.05) is 5.56 Å². The van der Waals surface area contributed by atoms with Crippen molar-refractivity contribution in [1.29, 1.82) is 0 Å². The van der Waals surface area contributed by atoms with Crippen molar-refractivity contribution in [1.82, 2.24) is 0 Å². The fourth-order valence-corrected chi connectivity index (χ4v) is 1.66. The fraction of sp³-hybridized carbons (Fsp3) is 0.0714. The Labute approximate surface area is 93.5 Å². The third kappa shape index (κ3) is 2.34. The Balaban J connectivity index is 2.33. The second kappa shape index (κ2) is 4.71. The zero-order valence-electron chi connectivity index (χ0n) is 8.69. The predicted octanol–water partition coefficient (Wildman–Crippen LogP) is 3.23. The van der Waals surface area contributed by atoms with Gasteiger partial charge in [0.25, 0.3) is 0 Å². The maximum atomic E-state index is 13.1. The molecule has 0 radical (unpaired) electrons. The van der Waals surface area contributed by atoms with Gasteiger partial charge in [-0.15, -0.1) is 0 Å². The highest BCUT2D eigenvalue weighted by molar-refractivity contribution is 5.77. The largest absolute Gasteiger partial charge is 0.298 e. The highest BCUT2D eigenvalue weighted by Crippen LogP contribution is 2.14. The maximum absolute atomic E-state index is 13.1. The van der Waals surface area contributed by atoms with Crippen LogP contribution in [0.5, 0.6) is 0 Å². The number of benzene rings is 2. The van der Waals surface area contributed by atoms with E-state index in [0.717, 1.165) is 17.4 Å². The smallest absolute Gasteiger partial charge is 0.150 e. The number of rotatable bonds is 3. The van der Waals surface area contributed by atoms with Crippen LogP contribution in [0.25, 0.3) is 0 Å². The number of hydrogen-bond acceptors (Lipinski definition) is 1. The van der Waals surface area contributed by atoms with E-state index in [4.69, 9.17) is 0 Å². The van der Waals surface area contributed by atoms with E-state index in [1.165, 1.54) is 18.2 Å². The van der Waals surface area contributed by atoms with Gasteiger partial charge in [-0.1, -0.05) is 30.3 Å². The summed E-state index contributed by atoms with van der Waals surface area (Å²) in [7, 11) is 0. The zero-order valence-corrected chi connectivity index (χ0v) is 8.69. The topological polar surface area (TPSA) is 17.1 Å². The SMILES string of the molecule is O=Cc1ccc(F)cc1Cc1ccccc1. The van der Waals surface area contributed by atoms with E-state index < -0.39 is 0 Å². The maximum Gasteiger partial charge on any atom is 0.150 e. The highest BCUT2D eigenvalue weighted by atomic mass is 19.1. The molecule has 0 heterocycles. The van der Waals surface area contributed by atoms with Crippen LogP contribution in [0.2, 0.25) is 0 Å². The minimum absolute atomic E-state index is 0.309. The first-order valence-corrected chi connectivity index (χ1v) is 5.07. The van der Waals surface area contributed by atoms with Crippen molar-refractivity contribution >= 4 is 6.29 Å². The molecule has 0 aliphatic carbocycles. The third-order valence-corrected chi connectivity index (χ3v) is 2.47. The molecule has 0 amide bonds. The lowest BCUT2D eigenvalue weighted by Crippen LogP contribution is -1.95. The second-order valence-corrected chi connectivity index (χ2v) is 3.62. The quantitative estimate of drug-likeness (QED) is 0.717. The molecule has 0 unspecified atom stereocenters. The van der Waals surface area contributed by atoms with E-state index in [-0.39, 0.29) is 5.82 Å². The van der Waals surface area contributed by atoms with Crippen LogP contribution in [-0.2, 0) is 6.42 Å². The molecule has 0 spiro atoms. The summed E-state index contributed by atoms with van der Waals surface area (Å²) in [5, 5.41) is 0. The van der Waals surface area contributed by atoms with Crippen molar-refractivity contribution in [3.63, 3.8) is 0 Å². The molecule has 0 bridgehead atoms. The monoisotopic (exact) mass is 214 g/mol. The molecular formula is C14H11FO. The first kappa shape index (κ1) is 10.6. The summed E-state index contributed by atoms with van der Waals surface area (Å²) in [6.45, 7) is 0. The summed E-state index contributed by atoms with van der Waals surface area (Å²) in [4.78, 5) is 10.8.